The molecule has 6 aromatic rings. The third-order valence-electron chi connectivity index (χ3n) is 8.26. The summed E-state index contributed by atoms with van der Waals surface area (Å²) in [5.74, 6) is 1.78. The van der Waals surface area contributed by atoms with Gasteiger partial charge in [0.2, 0.25) is 0 Å². The van der Waals surface area contributed by atoms with Gasteiger partial charge in [0.1, 0.15) is 23.9 Å². The fourth-order valence-corrected chi connectivity index (χ4v) is 5.32. The number of phenols is 1. The lowest BCUT2D eigenvalue weighted by Crippen LogP contribution is -2.10. The first kappa shape index (κ1) is 29.6. The van der Waals surface area contributed by atoms with E-state index in [0.717, 1.165) is 50.8 Å². The Morgan fingerprint density at radius 1 is 0.644 bits per heavy atom. The highest BCUT2D eigenvalue weighted by Crippen LogP contribution is 2.37. The molecule has 45 heavy (non-hydrogen) atoms. The fourth-order valence-electron chi connectivity index (χ4n) is 5.32. The summed E-state index contributed by atoms with van der Waals surface area (Å²) in [6.07, 6.45) is 3.83. The second-order valence-electron chi connectivity index (χ2n) is 11.5. The molecule has 0 bridgehead atoms. The molecule has 4 heteroatoms. The molecule has 1 heterocycles. The van der Waals surface area contributed by atoms with E-state index in [4.69, 9.17) is 9.15 Å². The molecule has 5 aromatic carbocycles. The highest BCUT2D eigenvalue weighted by Gasteiger charge is 2.15. The zero-order chi connectivity index (χ0) is 31.3. The van der Waals surface area contributed by atoms with Crippen LogP contribution < -0.4 is 9.64 Å². The van der Waals surface area contributed by atoms with Crippen molar-refractivity contribution in [2.24, 2.45) is 0 Å². The Morgan fingerprint density at radius 3 is 1.73 bits per heavy atom. The van der Waals surface area contributed by atoms with Crippen molar-refractivity contribution in [2.75, 3.05) is 4.90 Å². The van der Waals surface area contributed by atoms with Gasteiger partial charge in [-0.3, -0.25) is 0 Å². The lowest BCUT2D eigenvalue weighted by Gasteiger charge is -2.27. The Balaban J connectivity index is 1.35. The summed E-state index contributed by atoms with van der Waals surface area (Å²) in [4.78, 5) is 2.31. The van der Waals surface area contributed by atoms with E-state index in [2.05, 4.69) is 111 Å². The van der Waals surface area contributed by atoms with Gasteiger partial charge in [0.15, 0.2) is 0 Å². The Kier molecular flexibility index (Phi) is 8.56. The van der Waals surface area contributed by atoms with Gasteiger partial charge in [0.05, 0.1) is 6.26 Å². The van der Waals surface area contributed by atoms with Gasteiger partial charge >= 0.3 is 0 Å². The number of rotatable bonds is 9. The van der Waals surface area contributed by atoms with Crippen LogP contribution in [0.15, 0.2) is 132 Å². The summed E-state index contributed by atoms with van der Waals surface area (Å²) < 4.78 is 11.3. The number of hydrogen-bond donors (Lipinski definition) is 1. The number of benzene rings is 5. The molecule has 0 aliphatic carbocycles. The van der Waals surface area contributed by atoms with Crippen molar-refractivity contribution < 1.29 is 14.3 Å². The first-order chi connectivity index (χ1) is 21.8. The summed E-state index contributed by atoms with van der Waals surface area (Å²) in [7, 11) is 0. The van der Waals surface area contributed by atoms with E-state index < -0.39 is 0 Å². The van der Waals surface area contributed by atoms with E-state index in [-0.39, 0.29) is 5.75 Å². The number of hydrogen-bond acceptors (Lipinski definition) is 4. The predicted octanol–water partition coefficient (Wildman–Crippen LogP) is 10.9. The molecule has 0 amide bonds. The number of nitrogens with zero attached hydrogens (tertiary/aromatic N) is 1. The summed E-state index contributed by atoms with van der Waals surface area (Å²) in [6.45, 7) is 8.99. The molecule has 1 N–H and O–H groups in total. The quantitative estimate of drug-likeness (QED) is 0.170. The van der Waals surface area contributed by atoms with Crippen LogP contribution in [-0.2, 0) is 6.61 Å². The Labute approximate surface area is 265 Å². The van der Waals surface area contributed by atoms with Crippen LogP contribution in [0.25, 0.3) is 11.6 Å². The van der Waals surface area contributed by atoms with E-state index in [9.17, 15) is 5.11 Å². The van der Waals surface area contributed by atoms with E-state index >= 15 is 0 Å². The molecule has 0 spiro atoms. The van der Waals surface area contributed by atoms with Crippen molar-refractivity contribution in [3.8, 4) is 11.5 Å². The standard InChI is InChI=1S/C41H37NO3/c1-28-7-15-36(24-30(28)3)42(37-16-8-29(2)31(4)25-37)35-17-9-32(10-18-35)26-41(33-11-19-38(43)20-12-33)34-13-21-39(22-14-34)45-27-40-6-5-23-44-40/h5-26,43H,27H2,1-4H3. The summed E-state index contributed by atoms with van der Waals surface area (Å²) in [5.41, 5.74) is 12.6. The SMILES string of the molecule is Cc1ccc(N(c2ccc(C=C(c3ccc(O)cc3)c3ccc(OCc4ccco4)cc3)cc2)c2ccc(C)c(C)c2)cc1C. The van der Waals surface area contributed by atoms with Crippen LogP contribution in [0.5, 0.6) is 11.5 Å². The molecule has 0 saturated heterocycles. The highest BCUT2D eigenvalue weighted by atomic mass is 16.5. The van der Waals surface area contributed by atoms with E-state index in [0.29, 0.717) is 6.61 Å². The molecule has 0 atom stereocenters. The van der Waals surface area contributed by atoms with Gasteiger partial charge in [0.25, 0.3) is 0 Å². The van der Waals surface area contributed by atoms with E-state index in [1.165, 1.54) is 22.3 Å². The van der Waals surface area contributed by atoms with Gasteiger partial charge in [0, 0.05) is 17.1 Å². The molecule has 0 aliphatic heterocycles. The second-order valence-corrected chi connectivity index (χ2v) is 11.5. The maximum atomic E-state index is 9.96. The lowest BCUT2D eigenvalue weighted by atomic mass is 9.95. The van der Waals surface area contributed by atoms with Crippen molar-refractivity contribution in [3.05, 3.63) is 172 Å². The van der Waals surface area contributed by atoms with Crippen LogP contribution >= 0.6 is 0 Å². The van der Waals surface area contributed by atoms with Crippen LogP contribution in [0.4, 0.5) is 17.1 Å². The summed E-state index contributed by atoms with van der Waals surface area (Å²) in [6, 6.07) is 41.1. The minimum Gasteiger partial charge on any atom is -0.508 e. The number of ether oxygens (including phenoxy) is 1. The van der Waals surface area contributed by atoms with Gasteiger partial charge in [-0.15, -0.1) is 0 Å². The smallest absolute Gasteiger partial charge is 0.146 e. The molecular formula is C41H37NO3. The number of aryl methyl sites for hydroxylation is 4. The molecule has 4 nitrogen and oxygen atoms in total. The molecule has 0 radical (unpaired) electrons. The Morgan fingerprint density at radius 2 is 1.20 bits per heavy atom. The van der Waals surface area contributed by atoms with E-state index in [1.54, 1.807) is 18.4 Å². The minimum atomic E-state index is 0.238. The monoisotopic (exact) mass is 591 g/mol. The Hall–Kier alpha value is -5.48. The van der Waals surface area contributed by atoms with Crippen LogP contribution in [0.1, 0.15) is 44.7 Å². The molecule has 1 aromatic heterocycles. The highest BCUT2D eigenvalue weighted by molar-refractivity contribution is 5.92. The Bertz CT molecular complexity index is 1870. The molecule has 6 rings (SSSR count). The first-order valence-corrected chi connectivity index (χ1v) is 15.2. The number of anilines is 3. The minimum absolute atomic E-state index is 0.238. The third kappa shape index (κ3) is 6.86. The molecule has 0 saturated carbocycles. The molecule has 0 fully saturated rings. The topological polar surface area (TPSA) is 45.8 Å². The van der Waals surface area contributed by atoms with Gasteiger partial charge in [-0.25, -0.2) is 0 Å². The van der Waals surface area contributed by atoms with Crippen molar-refractivity contribution >= 4 is 28.7 Å². The lowest BCUT2D eigenvalue weighted by molar-refractivity contribution is 0.270. The van der Waals surface area contributed by atoms with Crippen molar-refractivity contribution in [2.45, 2.75) is 34.3 Å². The van der Waals surface area contributed by atoms with Gasteiger partial charge in [-0.2, -0.15) is 0 Å². The molecule has 0 aliphatic rings. The zero-order valence-electron chi connectivity index (χ0n) is 26.1. The fraction of sp³-hybridized carbons (Fsp3) is 0.122. The average Bonchev–Trinajstić information content (AvgIpc) is 3.58. The number of phenolic OH excluding ortho intramolecular Hbond substituents is 1. The summed E-state index contributed by atoms with van der Waals surface area (Å²) >= 11 is 0. The maximum Gasteiger partial charge on any atom is 0.146 e. The number of aromatic hydroxyl groups is 1. The predicted molar refractivity (Wildman–Crippen MR) is 185 cm³/mol. The van der Waals surface area contributed by atoms with E-state index in [1.807, 2.05) is 36.4 Å². The second kappa shape index (κ2) is 13.0. The van der Waals surface area contributed by atoms with Crippen LogP contribution in [-0.4, -0.2) is 5.11 Å². The average molecular weight is 592 g/mol. The normalized spacial score (nSPS) is 11.4. The van der Waals surface area contributed by atoms with Gasteiger partial charge in [-0.1, -0.05) is 48.5 Å². The summed E-state index contributed by atoms with van der Waals surface area (Å²) in [5, 5.41) is 9.96. The molecular weight excluding hydrogens is 554 g/mol. The van der Waals surface area contributed by atoms with Crippen molar-refractivity contribution in [3.63, 3.8) is 0 Å². The van der Waals surface area contributed by atoms with Gasteiger partial charge < -0.3 is 19.2 Å². The number of furan rings is 1. The first-order valence-electron chi connectivity index (χ1n) is 15.2. The van der Waals surface area contributed by atoms with Gasteiger partial charge in [-0.05, 0) is 151 Å². The van der Waals surface area contributed by atoms with Crippen molar-refractivity contribution in [1.29, 1.82) is 0 Å². The third-order valence-corrected chi connectivity index (χ3v) is 8.26. The zero-order valence-corrected chi connectivity index (χ0v) is 26.1. The largest absolute Gasteiger partial charge is 0.508 e. The van der Waals surface area contributed by atoms with Crippen LogP contribution in [0.2, 0.25) is 0 Å². The van der Waals surface area contributed by atoms with Crippen LogP contribution in [0.3, 0.4) is 0 Å². The molecule has 0 unspecified atom stereocenters. The van der Waals surface area contributed by atoms with Crippen molar-refractivity contribution in [1.82, 2.24) is 0 Å². The maximum absolute atomic E-state index is 9.96. The molecule has 224 valence electrons. The van der Waals surface area contributed by atoms with Crippen LogP contribution in [0, 0.1) is 27.7 Å².